The van der Waals surface area contributed by atoms with Gasteiger partial charge in [0.25, 0.3) is 0 Å². The van der Waals surface area contributed by atoms with Gasteiger partial charge in [-0.1, -0.05) is 6.92 Å². The minimum atomic E-state index is 0.472. The molecule has 1 aliphatic rings. The molecule has 0 aromatic carbocycles. The maximum absolute atomic E-state index is 5.73. The molecule has 2 rings (SSSR count). The first-order valence-electron chi connectivity index (χ1n) is 6.48. The van der Waals surface area contributed by atoms with Gasteiger partial charge in [0.15, 0.2) is 5.22 Å². The molecule has 3 nitrogen and oxygen atoms in total. The van der Waals surface area contributed by atoms with Crippen molar-refractivity contribution in [2.45, 2.75) is 38.8 Å². The van der Waals surface area contributed by atoms with Crippen molar-refractivity contribution in [1.82, 2.24) is 10.2 Å². The van der Waals surface area contributed by atoms with E-state index in [0.29, 0.717) is 11.3 Å². The lowest BCUT2D eigenvalue weighted by atomic mass is 10.0. The zero-order valence-electron chi connectivity index (χ0n) is 10.4. The van der Waals surface area contributed by atoms with Crippen LogP contribution in [-0.4, -0.2) is 30.6 Å². The van der Waals surface area contributed by atoms with Crippen LogP contribution in [0, 0.1) is 0 Å². The Balaban J connectivity index is 1.68. The van der Waals surface area contributed by atoms with Crippen molar-refractivity contribution in [3.8, 4) is 0 Å². The van der Waals surface area contributed by atoms with Crippen molar-refractivity contribution in [1.29, 1.82) is 0 Å². The summed E-state index contributed by atoms with van der Waals surface area (Å²) in [5.74, 6) is 0.922. The third-order valence-electron chi connectivity index (χ3n) is 3.32. The Hall–Kier alpha value is -0.510. The first-order chi connectivity index (χ1) is 8.28. The topological polar surface area (TPSA) is 28.4 Å². The quantitative estimate of drug-likeness (QED) is 0.878. The van der Waals surface area contributed by atoms with Gasteiger partial charge in [-0.25, -0.2) is 0 Å². The smallest absolute Gasteiger partial charge is 0.193 e. The highest BCUT2D eigenvalue weighted by Crippen LogP contribution is 2.15. The maximum atomic E-state index is 5.73. The van der Waals surface area contributed by atoms with Gasteiger partial charge in [0, 0.05) is 6.04 Å². The van der Waals surface area contributed by atoms with Gasteiger partial charge in [0.2, 0.25) is 0 Å². The number of nitrogens with zero attached hydrogens (tertiary/aromatic N) is 1. The van der Waals surface area contributed by atoms with Crippen LogP contribution in [0.2, 0.25) is 5.22 Å². The zero-order chi connectivity index (χ0) is 12.1. The Bertz CT molecular complexity index is 332. The summed E-state index contributed by atoms with van der Waals surface area (Å²) >= 11 is 5.73. The molecule has 1 aromatic heterocycles. The van der Waals surface area contributed by atoms with Crippen molar-refractivity contribution in [3.05, 3.63) is 23.1 Å². The van der Waals surface area contributed by atoms with E-state index in [1.807, 2.05) is 6.07 Å². The molecule has 1 aliphatic heterocycles. The highest BCUT2D eigenvalue weighted by molar-refractivity contribution is 6.28. The molecular formula is C13H21ClN2O. The van der Waals surface area contributed by atoms with E-state index in [4.69, 9.17) is 16.0 Å². The molecule has 0 unspecified atom stereocenters. The molecule has 1 saturated heterocycles. The monoisotopic (exact) mass is 256 g/mol. The third-order valence-corrected chi connectivity index (χ3v) is 3.52. The van der Waals surface area contributed by atoms with Crippen LogP contribution in [0.4, 0.5) is 0 Å². The maximum Gasteiger partial charge on any atom is 0.193 e. The average molecular weight is 257 g/mol. The fraction of sp³-hybridized carbons (Fsp3) is 0.692. The molecule has 1 fully saturated rings. The van der Waals surface area contributed by atoms with Gasteiger partial charge in [-0.3, -0.25) is 0 Å². The second-order valence-electron chi connectivity index (χ2n) is 4.70. The molecule has 1 N–H and O–H groups in total. The Morgan fingerprint density at radius 2 is 2.18 bits per heavy atom. The molecular weight excluding hydrogens is 236 g/mol. The Labute approximate surface area is 108 Å². The van der Waals surface area contributed by atoms with Crippen LogP contribution in [0.25, 0.3) is 0 Å². The second kappa shape index (κ2) is 6.43. The first-order valence-corrected chi connectivity index (χ1v) is 6.85. The lowest BCUT2D eigenvalue weighted by molar-refractivity contribution is 0.196. The van der Waals surface area contributed by atoms with E-state index >= 15 is 0 Å². The van der Waals surface area contributed by atoms with Crippen molar-refractivity contribution in [2.75, 3.05) is 19.6 Å². The van der Waals surface area contributed by atoms with Gasteiger partial charge in [0.05, 0.1) is 6.54 Å². The summed E-state index contributed by atoms with van der Waals surface area (Å²) in [6, 6.07) is 4.34. The molecule has 0 spiro atoms. The van der Waals surface area contributed by atoms with Gasteiger partial charge in [-0.05, 0) is 62.6 Å². The van der Waals surface area contributed by atoms with E-state index < -0.39 is 0 Å². The highest BCUT2D eigenvalue weighted by atomic mass is 35.5. The van der Waals surface area contributed by atoms with Crippen LogP contribution >= 0.6 is 11.6 Å². The summed E-state index contributed by atoms with van der Waals surface area (Å²) in [4.78, 5) is 2.54. The highest BCUT2D eigenvalue weighted by Gasteiger charge is 2.18. The number of rotatable bonds is 5. The van der Waals surface area contributed by atoms with Gasteiger partial charge in [-0.2, -0.15) is 0 Å². The minimum absolute atomic E-state index is 0.472. The van der Waals surface area contributed by atoms with Gasteiger partial charge in [0.1, 0.15) is 5.76 Å². The summed E-state index contributed by atoms with van der Waals surface area (Å²) in [6.45, 7) is 6.69. The minimum Gasteiger partial charge on any atom is -0.448 e. The number of piperidine rings is 1. The summed E-state index contributed by atoms with van der Waals surface area (Å²) in [5, 5.41) is 4.01. The van der Waals surface area contributed by atoms with E-state index in [0.717, 1.165) is 12.3 Å². The molecule has 1 aromatic rings. The fourth-order valence-electron chi connectivity index (χ4n) is 2.37. The molecule has 0 bridgehead atoms. The van der Waals surface area contributed by atoms with Crippen LogP contribution in [0.1, 0.15) is 31.9 Å². The molecule has 2 heterocycles. The summed E-state index contributed by atoms with van der Waals surface area (Å²) in [5.41, 5.74) is 0. The lowest BCUT2D eigenvalue weighted by Crippen LogP contribution is -2.42. The number of hydrogen-bond acceptors (Lipinski definition) is 3. The average Bonchev–Trinajstić information content (AvgIpc) is 2.75. The van der Waals surface area contributed by atoms with Crippen molar-refractivity contribution in [3.63, 3.8) is 0 Å². The Kier molecular flexibility index (Phi) is 4.89. The molecule has 96 valence electrons. The summed E-state index contributed by atoms with van der Waals surface area (Å²) in [6.07, 6.45) is 3.71. The van der Waals surface area contributed by atoms with Gasteiger partial charge in [-0.15, -0.1) is 0 Å². The third kappa shape index (κ3) is 4.02. The van der Waals surface area contributed by atoms with Crippen LogP contribution in [0.15, 0.2) is 16.5 Å². The molecule has 0 atom stereocenters. The van der Waals surface area contributed by atoms with Crippen molar-refractivity contribution >= 4 is 11.6 Å². The predicted molar refractivity (Wildman–Crippen MR) is 70.3 cm³/mol. The van der Waals surface area contributed by atoms with Crippen LogP contribution in [-0.2, 0) is 6.54 Å². The number of hydrogen-bond donors (Lipinski definition) is 1. The Morgan fingerprint density at radius 1 is 1.41 bits per heavy atom. The SMILES string of the molecule is CCCN1CCC(NCc2ccc(Cl)o2)CC1. The van der Waals surface area contributed by atoms with Gasteiger partial charge >= 0.3 is 0 Å². The van der Waals surface area contributed by atoms with E-state index in [9.17, 15) is 0 Å². The van der Waals surface area contributed by atoms with E-state index in [-0.39, 0.29) is 0 Å². The number of furan rings is 1. The molecule has 17 heavy (non-hydrogen) atoms. The van der Waals surface area contributed by atoms with Gasteiger partial charge < -0.3 is 14.6 Å². The number of nitrogens with one attached hydrogen (secondary N) is 1. The number of likely N-dealkylation sites (tertiary alicyclic amines) is 1. The summed E-state index contributed by atoms with van der Waals surface area (Å²) < 4.78 is 5.33. The van der Waals surface area contributed by atoms with Crippen molar-refractivity contribution in [2.24, 2.45) is 0 Å². The molecule has 0 saturated carbocycles. The first kappa shape index (κ1) is 12.9. The number of halogens is 1. The molecule has 0 aliphatic carbocycles. The molecule has 0 amide bonds. The normalized spacial score (nSPS) is 18.7. The largest absolute Gasteiger partial charge is 0.448 e. The second-order valence-corrected chi connectivity index (χ2v) is 5.08. The van der Waals surface area contributed by atoms with Crippen molar-refractivity contribution < 1.29 is 4.42 Å². The summed E-state index contributed by atoms with van der Waals surface area (Å²) in [7, 11) is 0. The molecule has 4 heteroatoms. The predicted octanol–water partition coefficient (Wildman–Crippen LogP) is 2.90. The van der Waals surface area contributed by atoms with E-state index in [1.165, 1.54) is 38.9 Å². The van der Waals surface area contributed by atoms with E-state index in [2.05, 4.69) is 17.1 Å². The zero-order valence-corrected chi connectivity index (χ0v) is 11.2. The van der Waals surface area contributed by atoms with Crippen LogP contribution in [0.5, 0.6) is 0 Å². The van der Waals surface area contributed by atoms with Crippen LogP contribution < -0.4 is 5.32 Å². The molecule has 0 radical (unpaired) electrons. The van der Waals surface area contributed by atoms with Crippen LogP contribution in [0.3, 0.4) is 0 Å². The van der Waals surface area contributed by atoms with E-state index in [1.54, 1.807) is 6.07 Å². The lowest BCUT2D eigenvalue weighted by Gasteiger charge is -2.32. The Morgan fingerprint density at radius 3 is 2.76 bits per heavy atom. The fourth-order valence-corrected chi connectivity index (χ4v) is 2.53. The standard InChI is InChI=1S/C13H21ClN2O/c1-2-7-16-8-5-11(6-9-16)15-10-12-3-4-13(14)17-12/h3-4,11,15H,2,5-10H2,1H3.